The molecular formula is C16H13ClN4O2S3. The van der Waals surface area contributed by atoms with E-state index in [0.717, 1.165) is 25.0 Å². The lowest BCUT2D eigenvalue weighted by Gasteiger charge is -1.98. The van der Waals surface area contributed by atoms with Gasteiger partial charge in [0, 0.05) is 10.8 Å². The van der Waals surface area contributed by atoms with Crippen LogP contribution in [0.5, 0.6) is 0 Å². The third-order valence-electron chi connectivity index (χ3n) is 2.91. The van der Waals surface area contributed by atoms with Gasteiger partial charge in [0.05, 0.1) is 18.2 Å². The smallest absolute Gasteiger partial charge is 0.250 e. The zero-order valence-corrected chi connectivity index (χ0v) is 16.5. The van der Waals surface area contributed by atoms with Crippen molar-refractivity contribution in [2.75, 3.05) is 5.75 Å². The first-order chi connectivity index (χ1) is 12.7. The Bertz CT molecular complexity index is 866. The molecule has 1 aromatic carbocycles. The predicted octanol–water partition coefficient (Wildman–Crippen LogP) is 4.32. The molecule has 2 heterocycles. The van der Waals surface area contributed by atoms with Crippen LogP contribution in [0.1, 0.15) is 11.3 Å². The van der Waals surface area contributed by atoms with Crippen LogP contribution in [0.4, 0.5) is 0 Å². The molecule has 0 bridgehead atoms. The summed E-state index contributed by atoms with van der Waals surface area (Å²) in [6.07, 6.45) is 2.98. The number of carbonyl (C=O) groups is 1. The number of nitrogens with zero attached hydrogens (tertiary/aromatic N) is 3. The Balaban J connectivity index is 1.40. The molecule has 26 heavy (non-hydrogen) atoms. The molecule has 0 unspecified atom stereocenters. The molecule has 0 radical (unpaired) electrons. The summed E-state index contributed by atoms with van der Waals surface area (Å²) in [6, 6.07) is 11.2. The fourth-order valence-electron chi connectivity index (χ4n) is 1.73. The van der Waals surface area contributed by atoms with E-state index in [9.17, 15) is 4.79 Å². The van der Waals surface area contributed by atoms with Crippen LogP contribution in [-0.4, -0.2) is 28.1 Å². The minimum Gasteiger partial charge on any atom is -0.463 e. The molecule has 0 aliphatic rings. The number of furan rings is 1. The largest absolute Gasteiger partial charge is 0.463 e. The van der Waals surface area contributed by atoms with Gasteiger partial charge in [0.25, 0.3) is 5.91 Å². The van der Waals surface area contributed by atoms with Gasteiger partial charge in [-0.15, -0.1) is 10.2 Å². The normalized spacial score (nSPS) is 11.1. The molecule has 0 fully saturated rings. The Hall–Kier alpha value is -1.81. The van der Waals surface area contributed by atoms with Crippen LogP contribution in [0.15, 0.2) is 60.9 Å². The SMILES string of the molecule is O=C(CSc1nnc(SCc2ccc(Cl)cc2)s1)N/N=C/c1ccco1. The molecule has 0 aliphatic carbocycles. The Morgan fingerprint density at radius 3 is 2.73 bits per heavy atom. The Labute approximate surface area is 167 Å². The number of amides is 1. The second-order valence-corrected chi connectivity index (χ2v) is 8.71. The number of hydrazone groups is 1. The third kappa shape index (κ3) is 6.17. The molecule has 0 aliphatic heterocycles. The van der Waals surface area contributed by atoms with Crippen LogP contribution >= 0.6 is 46.5 Å². The number of halogens is 1. The van der Waals surface area contributed by atoms with Crippen LogP contribution in [0, 0.1) is 0 Å². The standard InChI is InChI=1S/C16H13ClN4O2S3/c17-12-5-3-11(4-6-12)9-24-15-20-21-16(26-15)25-10-14(22)19-18-8-13-2-1-7-23-13/h1-8H,9-10H2,(H,19,22)/b18-8+. The van der Waals surface area contributed by atoms with Gasteiger partial charge in [0.2, 0.25) is 0 Å². The van der Waals surface area contributed by atoms with Gasteiger partial charge in [0.15, 0.2) is 8.68 Å². The van der Waals surface area contributed by atoms with E-state index in [4.69, 9.17) is 16.0 Å². The van der Waals surface area contributed by atoms with E-state index in [2.05, 4.69) is 20.7 Å². The van der Waals surface area contributed by atoms with Crippen LogP contribution in [0.3, 0.4) is 0 Å². The second kappa shape index (κ2) is 9.77. The van der Waals surface area contributed by atoms with E-state index in [1.54, 1.807) is 23.9 Å². The lowest BCUT2D eigenvalue weighted by Crippen LogP contribution is -2.19. The average Bonchev–Trinajstić information content (AvgIpc) is 3.31. The van der Waals surface area contributed by atoms with E-state index in [1.165, 1.54) is 35.6 Å². The molecule has 1 amide bonds. The summed E-state index contributed by atoms with van der Waals surface area (Å²) >= 11 is 10.3. The van der Waals surface area contributed by atoms with Crippen molar-refractivity contribution in [2.24, 2.45) is 5.10 Å². The molecule has 3 aromatic rings. The van der Waals surface area contributed by atoms with Gasteiger partial charge in [0.1, 0.15) is 5.76 Å². The Kier molecular flexibility index (Phi) is 7.13. The van der Waals surface area contributed by atoms with Crippen molar-refractivity contribution in [3.05, 3.63) is 59.0 Å². The highest BCUT2D eigenvalue weighted by molar-refractivity contribution is 8.03. The second-order valence-electron chi connectivity index (χ2n) is 4.85. The van der Waals surface area contributed by atoms with Gasteiger partial charge in [-0.1, -0.05) is 58.6 Å². The topological polar surface area (TPSA) is 80.4 Å². The molecule has 0 saturated carbocycles. The predicted molar refractivity (Wildman–Crippen MR) is 106 cm³/mol. The van der Waals surface area contributed by atoms with Crippen molar-refractivity contribution in [3.8, 4) is 0 Å². The minimum absolute atomic E-state index is 0.214. The maximum atomic E-state index is 11.8. The summed E-state index contributed by atoms with van der Waals surface area (Å²) in [5.41, 5.74) is 3.60. The summed E-state index contributed by atoms with van der Waals surface area (Å²) in [4.78, 5) is 11.8. The van der Waals surface area contributed by atoms with E-state index in [-0.39, 0.29) is 11.7 Å². The third-order valence-corrected chi connectivity index (χ3v) is 6.43. The molecule has 3 rings (SSSR count). The van der Waals surface area contributed by atoms with Gasteiger partial charge in [-0.2, -0.15) is 5.10 Å². The Morgan fingerprint density at radius 1 is 1.23 bits per heavy atom. The molecule has 6 nitrogen and oxygen atoms in total. The number of aromatic nitrogens is 2. The van der Waals surface area contributed by atoms with Gasteiger partial charge < -0.3 is 4.42 Å². The highest BCUT2D eigenvalue weighted by Crippen LogP contribution is 2.30. The van der Waals surface area contributed by atoms with Crippen molar-refractivity contribution in [2.45, 2.75) is 14.4 Å². The molecule has 10 heteroatoms. The van der Waals surface area contributed by atoms with Crippen LogP contribution in [0.2, 0.25) is 5.02 Å². The number of carbonyl (C=O) groups excluding carboxylic acids is 1. The van der Waals surface area contributed by atoms with E-state index < -0.39 is 0 Å². The molecule has 1 N–H and O–H groups in total. The molecular weight excluding hydrogens is 412 g/mol. The maximum Gasteiger partial charge on any atom is 0.250 e. The summed E-state index contributed by atoms with van der Waals surface area (Å²) in [7, 11) is 0. The van der Waals surface area contributed by atoms with E-state index in [1.807, 2.05) is 24.3 Å². The van der Waals surface area contributed by atoms with Gasteiger partial charge >= 0.3 is 0 Å². The molecule has 134 valence electrons. The number of rotatable bonds is 8. The summed E-state index contributed by atoms with van der Waals surface area (Å²) in [5, 5.41) is 12.8. The highest BCUT2D eigenvalue weighted by atomic mass is 35.5. The number of nitrogens with one attached hydrogen (secondary N) is 1. The van der Waals surface area contributed by atoms with Crippen molar-refractivity contribution >= 4 is 58.6 Å². The average molecular weight is 425 g/mol. The van der Waals surface area contributed by atoms with Crippen molar-refractivity contribution in [3.63, 3.8) is 0 Å². The van der Waals surface area contributed by atoms with Crippen molar-refractivity contribution in [1.82, 2.24) is 15.6 Å². The quantitative estimate of drug-likeness (QED) is 0.329. The molecule has 0 spiro atoms. The van der Waals surface area contributed by atoms with Gasteiger partial charge in [-0.3, -0.25) is 4.79 Å². The number of hydrogen-bond acceptors (Lipinski definition) is 8. The zero-order chi connectivity index (χ0) is 18.2. The highest BCUT2D eigenvalue weighted by Gasteiger charge is 2.08. The lowest BCUT2D eigenvalue weighted by molar-refractivity contribution is -0.118. The first-order valence-corrected chi connectivity index (χ1v) is 10.5. The van der Waals surface area contributed by atoms with Gasteiger partial charge in [-0.25, -0.2) is 5.43 Å². The first-order valence-electron chi connectivity index (χ1n) is 7.38. The van der Waals surface area contributed by atoms with E-state index >= 15 is 0 Å². The first kappa shape index (κ1) is 19.0. The number of thioether (sulfide) groups is 2. The molecule has 0 atom stereocenters. The van der Waals surface area contributed by atoms with Crippen molar-refractivity contribution < 1.29 is 9.21 Å². The van der Waals surface area contributed by atoms with Crippen LogP contribution < -0.4 is 5.43 Å². The van der Waals surface area contributed by atoms with Crippen LogP contribution in [-0.2, 0) is 10.5 Å². The monoisotopic (exact) mass is 424 g/mol. The number of hydrogen-bond donors (Lipinski definition) is 1. The van der Waals surface area contributed by atoms with Crippen molar-refractivity contribution in [1.29, 1.82) is 0 Å². The summed E-state index contributed by atoms with van der Waals surface area (Å²) in [5.74, 6) is 1.36. The van der Waals surface area contributed by atoms with Gasteiger partial charge in [-0.05, 0) is 29.8 Å². The summed E-state index contributed by atoms with van der Waals surface area (Å²) in [6.45, 7) is 0. The number of benzene rings is 1. The zero-order valence-electron chi connectivity index (χ0n) is 13.3. The maximum absolute atomic E-state index is 11.8. The molecule has 0 saturated heterocycles. The Morgan fingerprint density at radius 2 is 2.00 bits per heavy atom. The summed E-state index contributed by atoms with van der Waals surface area (Å²) < 4.78 is 6.68. The van der Waals surface area contributed by atoms with Crippen LogP contribution in [0.25, 0.3) is 0 Å². The molecule has 2 aromatic heterocycles. The minimum atomic E-state index is -0.219. The van der Waals surface area contributed by atoms with E-state index in [0.29, 0.717) is 5.76 Å². The fraction of sp³-hybridized carbons (Fsp3) is 0.125. The lowest BCUT2D eigenvalue weighted by atomic mass is 10.2. The fourth-order valence-corrected chi connectivity index (χ4v) is 4.63.